The molecule has 1 unspecified atom stereocenters. The second-order valence-electron chi connectivity index (χ2n) is 6.40. The molecule has 0 aliphatic carbocycles. The fourth-order valence-electron chi connectivity index (χ4n) is 2.97. The summed E-state index contributed by atoms with van der Waals surface area (Å²) in [6.07, 6.45) is 1.90. The van der Waals surface area contributed by atoms with E-state index in [0.717, 1.165) is 50.6 Å². The Morgan fingerprint density at radius 1 is 1.42 bits per heavy atom. The van der Waals surface area contributed by atoms with E-state index >= 15 is 0 Å². The third-order valence-corrected chi connectivity index (χ3v) is 4.96. The molecule has 146 valence electrons. The summed E-state index contributed by atoms with van der Waals surface area (Å²) in [4.78, 5) is 7.05. The van der Waals surface area contributed by atoms with E-state index in [1.165, 1.54) is 6.07 Å². The topological polar surface area (TPSA) is 46.1 Å². The van der Waals surface area contributed by atoms with Crippen molar-refractivity contribution < 1.29 is 13.9 Å². The van der Waals surface area contributed by atoms with Crippen molar-refractivity contribution in [2.45, 2.75) is 19.8 Å². The van der Waals surface area contributed by atoms with Gasteiger partial charge in [0.15, 0.2) is 5.96 Å². The van der Waals surface area contributed by atoms with E-state index < -0.39 is 0 Å². The summed E-state index contributed by atoms with van der Waals surface area (Å²) in [5.41, 5.74) is 1.07. The Morgan fingerprint density at radius 3 is 3.00 bits per heavy atom. The van der Waals surface area contributed by atoms with Crippen molar-refractivity contribution in [3.05, 3.63) is 34.1 Å². The maximum atomic E-state index is 13.3. The molecule has 0 aromatic heterocycles. The molecule has 1 atom stereocenters. The van der Waals surface area contributed by atoms with E-state index in [0.29, 0.717) is 30.1 Å². The summed E-state index contributed by atoms with van der Waals surface area (Å²) in [6, 6.07) is 5.12. The normalized spacial score (nSPS) is 17.8. The average Bonchev–Trinajstić information content (AvgIpc) is 3.10. The van der Waals surface area contributed by atoms with Crippen molar-refractivity contribution in [2.24, 2.45) is 10.9 Å². The Bertz CT molecular complexity index is 586. The third kappa shape index (κ3) is 6.85. The molecule has 1 aromatic carbocycles. The first-order chi connectivity index (χ1) is 12.6. The summed E-state index contributed by atoms with van der Waals surface area (Å²) in [6.45, 7) is 7.59. The van der Waals surface area contributed by atoms with Crippen LogP contribution >= 0.6 is 15.9 Å². The van der Waals surface area contributed by atoms with Gasteiger partial charge in [-0.15, -0.1) is 0 Å². The first-order valence-corrected chi connectivity index (χ1v) is 9.97. The number of ether oxygens (including phenoxy) is 2. The quantitative estimate of drug-likeness (QED) is 0.372. The fourth-order valence-corrected chi connectivity index (χ4v) is 3.39. The molecular formula is C19H29BrFN3O2. The number of halogens is 2. The van der Waals surface area contributed by atoms with Gasteiger partial charge in [0.1, 0.15) is 5.82 Å². The second kappa shape index (κ2) is 11.5. The van der Waals surface area contributed by atoms with Gasteiger partial charge in [0.25, 0.3) is 0 Å². The first kappa shape index (κ1) is 21.1. The zero-order chi connectivity index (χ0) is 18.8. The molecule has 5 nitrogen and oxygen atoms in total. The van der Waals surface area contributed by atoms with Gasteiger partial charge in [-0.25, -0.2) is 4.39 Å². The standard InChI is InChI=1S/C19H29BrFN3O2/c1-3-22-19(23-8-6-15-4-5-18(21)17(20)12-15)24-9-7-16(13-24)14-26-11-10-25-2/h4-5,12,16H,3,6-11,13-14H2,1-2H3,(H,22,23). The van der Waals surface area contributed by atoms with Crippen LogP contribution in [0, 0.1) is 11.7 Å². The molecule has 1 heterocycles. The van der Waals surface area contributed by atoms with Gasteiger partial charge in [-0.1, -0.05) is 6.07 Å². The van der Waals surface area contributed by atoms with Crippen LogP contribution in [0.25, 0.3) is 0 Å². The van der Waals surface area contributed by atoms with Crippen molar-refractivity contribution in [1.29, 1.82) is 0 Å². The second-order valence-corrected chi connectivity index (χ2v) is 7.26. The minimum Gasteiger partial charge on any atom is -0.382 e. The molecule has 1 saturated heterocycles. The van der Waals surface area contributed by atoms with Crippen LogP contribution in [-0.4, -0.2) is 64.0 Å². The number of aliphatic imine (C=N–C) groups is 1. The van der Waals surface area contributed by atoms with E-state index in [9.17, 15) is 4.39 Å². The number of methoxy groups -OCH3 is 1. The van der Waals surface area contributed by atoms with Crippen molar-refractivity contribution >= 4 is 21.9 Å². The molecule has 0 bridgehead atoms. The van der Waals surface area contributed by atoms with Gasteiger partial charge in [0, 0.05) is 39.2 Å². The van der Waals surface area contributed by atoms with Crippen LogP contribution in [0.15, 0.2) is 27.7 Å². The van der Waals surface area contributed by atoms with E-state index in [2.05, 4.69) is 33.1 Å². The lowest BCUT2D eigenvalue weighted by atomic mass is 10.1. The minimum atomic E-state index is -0.235. The van der Waals surface area contributed by atoms with Gasteiger partial charge in [-0.05, 0) is 53.4 Å². The van der Waals surface area contributed by atoms with Crippen molar-refractivity contribution in [2.75, 3.05) is 53.1 Å². The number of hydrogen-bond donors (Lipinski definition) is 1. The summed E-state index contributed by atoms with van der Waals surface area (Å²) in [5.74, 6) is 1.25. The van der Waals surface area contributed by atoms with Gasteiger partial charge >= 0.3 is 0 Å². The smallest absolute Gasteiger partial charge is 0.193 e. The number of guanidine groups is 1. The fraction of sp³-hybridized carbons (Fsp3) is 0.632. The Balaban J connectivity index is 1.83. The molecule has 0 saturated carbocycles. The number of benzene rings is 1. The maximum Gasteiger partial charge on any atom is 0.193 e. The number of nitrogens with zero attached hydrogens (tertiary/aromatic N) is 2. The van der Waals surface area contributed by atoms with Crippen LogP contribution in [0.2, 0.25) is 0 Å². The number of likely N-dealkylation sites (tertiary alicyclic amines) is 1. The molecule has 1 fully saturated rings. The molecular weight excluding hydrogens is 401 g/mol. The Morgan fingerprint density at radius 2 is 2.27 bits per heavy atom. The van der Waals surface area contributed by atoms with Crippen LogP contribution in [-0.2, 0) is 15.9 Å². The Labute approximate surface area is 164 Å². The van der Waals surface area contributed by atoms with Gasteiger partial charge < -0.3 is 19.7 Å². The van der Waals surface area contributed by atoms with Gasteiger partial charge in [0.05, 0.1) is 24.3 Å². The lowest BCUT2D eigenvalue weighted by Crippen LogP contribution is -2.40. The Kier molecular flexibility index (Phi) is 9.36. The molecule has 26 heavy (non-hydrogen) atoms. The number of nitrogens with one attached hydrogen (secondary N) is 1. The highest BCUT2D eigenvalue weighted by Crippen LogP contribution is 2.18. The summed E-state index contributed by atoms with van der Waals surface area (Å²) < 4.78 is 24.5. The third-order valence-electron chi connectivity index (χ3n) is 4.35. The zero-order valence-electron chi connectivity index (χ0n) is 15.6. The van der Waals surface area contributed by atoms with E-state index in [1.807, 2.05) is 12.1 Å². The summed E-state index contributed by atoms with van der Waals surface area (Å²) >= 11 is 3.23. The number of hydrogen-bond acceptors (Lipinski definition) is 3. The SMILES string of the molecule is CCNC(=NCCc1ccc(F)c(Br)c1)N1CCC(COCCOC)C1. The number of rotatable bonds is 9. The van der Waals surface area contributed by atoms with Crippen molar-refractivity contribution in [1.82, 2.24) is 10.2 Å². The van der Waals surface area contributed by atoms with Crippen LogP contribution in [0.4, 0.5) is 4.39 Å². The highest BCUT2D eigenvalue weighted by atomic mass is 79.9. The predicted octanol–water partition coefficient (Wildman–Crippen LogP) is 3.08. The largest absolute Gasteiger partial charge is 0.382 e. The van der Waals surface area contributed by atoms with Crippen molar-refractivity contribution in [3.8, 4) is 0 Å². The average molecular weight is 430 g/mol. The van der Waals surface area contributed by atoms with Crippen LogP contribution < -0.4 is 5.32 Å². The van der Waals surface area contributed by atoms with Gasteiger partial charge in [-0.3, -0.25) is 4.99 Å². The molecule has 0 amide bonds. The molecule has 7 heteroatoms. The molecule has 0 spiro atoms. The van der Waals surface area contributed by atoms with E-state index in [4.69, 9.17) is 14.5 Å². The van der Waals surface area contributed by atoms with E-state index in [1.54, 1.807) is 7.11 Å². The highest BCUT2D eigenvalue weighted by molar-refractivity contribution is 9.10. The molecule has 0 radical (unpaired) electrons. The Hall–Kier alpha value is -1.18. The molecule has 1 aliphatic heterocycles. The van der Waals surface area contributed by atoms with Gasteiger partial charge in [-0.2, -0.15) is 0 Å². The first-order valence-electron chi connectivity index (χ1n) is 9.18. The summed E-state index contributed by atoms with van der Waals surface area (Å²) in [5, 5.41) is 3.37. The predicted molar refractivity (Wildman–Crippen MR) is 106 cm³/mol. The molecule has 1 aliphatic rings. The van der Waals surface area contributed by atoms with Crippen LogP contribution in [0.5, 0.6) is 0 Å². The minimum absolute atomic E-state index is 0.235. The van der Waals surface area contributed by atoms with Gasteiger partial charge in [0.2, 0.25) is 0 Å². The maximum absolute atomic E-state index is 13.3. The highest BCUT2D eigenvalue weighted by Gasteiger charge is 2.24. The van der Waals surface area contributed by atoms with Crippen LogP contribution in [0.1, 0.15) is 18.9 Å². The van der Waals surface area contributed by atoms with E-state index in [-0.39, 0.29) is 5.82 Å². The molecule has 1 aromatic rings. The lowest BCUT2D eigenvalue weighted by molar-refractivity contribution is 0.0536. The monoisotopic (exact) mass is 429 g/mol. The zero-order valence-corrected chi connectivity index (χ0v) is 17.2. The van der Waals surface area contributed by atoms with Crippen LogP contribution in [0.3, 0.4) is 0 Å². The molecule has 2 rings (SSSR count). The summed E-state index contributed by atoms with van der Waals surface area (Å²) in [7, 11) is 1.68. The molecule has 1 N–H and O–H groups in total. The van der Waals surface area contributed by atoms with Crippen molar-refractivity contribution in [3.63, 3.8) is 0 Å². The lowest BCUT2D eigenvalue weighted by Gasteiger charge is -2.21.